The van der Waals surface area contributed by atoms with Crippen molar-refractivity contribution in [1.29, 1.82) is 0 Å². The molecule has 1 fully saturated rings. The number of hydrogen-bond acceptors (Lipinski definition) is 7. The lowest BCUT2D eigenvalue weighted by molar-refractivity contribution is -0.154. The standard InChI is InChI=1S/C19H17N3O5/c23-16(10-22-18(24)13-8-4-5-9-14(13)19(22)25)26-11-15-20-21-17(27-15)12-6-2-1-3-7-12/h1-7,13-14H,8-11H2/t13-,14-/m1/s1. The first-order valence-electron chi connectivity index (χ1n) is 8.67. The molecule has 8 heteroatoms. The Morgan fingerprint density at radius 3 is 2.41 bits per heavy atom. The number of hydrogen-bond donors (Lipinski definition) is 0. The summed E-state index contributed by atoms with van der Waals surface area (Å²) in [4.78, 5) is 37.8. The minimum Gasteiger partial charge on any atom is -0.454 e. The number of carbonyl (C=O) groups excluding carboxylic acids is 3. The summed E-state index contributed by atoms with van der Waals surface area (Å²) >= 11 is 0. The number of aromatic nitrogens is 2. The van der Waals surface area contributed by atoms with E-state index in [1.165, 1.54) is 0 Å². The second-order valence-electron chi connectivity index (χ2n) is 6.45. The topological polar surface area (TPSA) is 103 Å². The van der Waals surface area contributed by atoms with Gasteiger partial charge in [0.15, 0.2) is 6.61 Å². The minimum absolute atomic E-state index is 0.138. The maximum absolute atomic E-state index is 12.3. The maximum atomic E-state index is 12.3. The molecule has 138 valence electrons. The first-order chi connectivity index (χ1) is 13.1. The molecule has 2 amide bonds. The molecule has 2 aromatic rings. The highest BCUT2D eigenvalue weighted by Crippen LogP contribution is 2.34. The van der Waals surface area contributed by atoms with Crippen molar-refractivity contribution in [3.8, 4) is 11.5 Å². The van der Waals surface area contributed by atoms with E-state index in [0.29, 0.717) is 18.7 Å². The van der Waals surface area contributed by atoms with Crippen molar-refractivity contribution in [2.24, 2.45) is 11.8 Å². The second-order valence-corrected chi connectivity index (χ2v) is 6.45. The average molecular weight is 367 g/mol. The van der Waals surface area contributed by atoms with Crippen molar-refractivity contribution in [3.05, 3.63) is 48.4 Å². The third-order valence-corrected chi connectivity index (χ3v) is 4.73. The zero-order chi connectivity index (χ0) is 18.8. The number of carbonyl (C=O) groups is 3. The number of imide groups is 1. The molecule has 4 rings (SSSR count). The van der Waals surface area contributed by atoms with E-state index in [4.69, 9.17) is 9.15 Å². The van der Waals surface area contributed by atoms with Gasteiger partial charge in [-0.2, -0.15) is 0 Å². The van der Waals surface area contributed by atoms with E-state index in [1.54, 1.807) is 0 Å². The number of allylic oxidation sites excluding steroid dienone is 2. The molecule has 0 saturated carbocycles. The van der Waals surface area contributed by atoms with Crippen molar-refractivity contribution >= 4 is 17.8 Å². The predicted molar refractivity (Wildman–Crippen MR) is 91.6 cm³/mol. The molecule has 0 unspecified atom stereocenters. The van der Waals surface area contributed by atoms with Crippen LogP contribution in [0.25, 0.3) is 11.5 Å². The van der Waals surface area contributed by atoms with Gasteiger partial charge in [-0.1, -0.05) is 30.4 Å². The van der Waals surface area contributed by atoms with Crippen molar-refractivity contribution in [1.82, 2.24) is 15.1 Å². The van der Waals surface area contributed by atoms with E-state index in [1.807, 2.05) is 42.5 Å². The zero-order valence-electron chi connectivity index (χ0n) is 14.4. The monoisotopic (exact) mass is 367 g/mol. The summed E-state index contributed by atoms with van der Waals surface area (Å²) in [6, 6.07) is 9.20. The lowest BCUT2D eigenvalue weighted by Crippen LogP contribution is -2.36. The second kappa shape index (κ2) is 7.14. The number of ether oxygens (including phenoxy) is 1. The van der Waals surface area contributed by atoms with Crippen LogP contribution in [-0.2, 0) is 25.7 Å². The van der Waals surface area contributed by atoms with E-state index < -0.39 is 12.5 Å². The van der Waals surface area contributed by atoms with Crippen molar-refractivity contribution in [2.45, 2.75) is 19.4 Å². The SMILES string of the molecule is O=C(CN1C(=O)[C@@H]2CC=CC[C@H]2C1=O)OCc1nnc(-c2ccccc2)o1. The van der Waals surface area contributed by atoms with Crippen LogP contribution in [0.5, 0.6) is 0 Å². The Hall–Kier alpha value is -3.29. The molecule has 8 nitrogen and oxygen atoms in total. The van der Waals surface area contributed by atoms with E-state index >= 15 is 0 Å². The van der Waals surface area contributed by atoms with Gasteiger partial charge in [0.1, 0.15) is 6.54 Å². The molecule has 1 aliphatic heterocycles. The Morgan fingerprint density at radius 2 is 1.74 bits per heavy atom. The van der Waals surface area contributed by atoms with Gasteiger partial charge in [-0.25, -0.2) is 0 Å². The van der Waals surface area contributed by atoms with Gasteiger partial charge in [0.25, 0.3) is 5.89 Å². The van der Waals surface area contributed by atoms with Crippen molar-refractivity contribution in [3.63, 3.8) is 0 Å². The number of benzene rings is 1. The van der Waals surface area contributed by atoms with Crippen molar-refractivity contribution in [2.75, 3.05) is 6.54 Å². The smallest absolute Gasteiger partial charge is 0.326 e. The Morgan fingerprint density at radius 1 is 1.07 bits per heavy atom. The van der Waals surface area contributed by atoms with Gasteiger partial charge in [-0.15, -0.1) is 10.2 Å². The predicted octanol–water partition coefficient (Wildman–Crippen LogP) is 1.73. The van der Waals surface area contributed by atoms with E-state index in [-0.39, 0.29) is 36.1 Å². The molecule has 1 aromatic heterocycles. The number of esters is 1. The quantitative estimate of drug-likeness (QED) is 0.450. The molecule has 2 heterocycles. The Labute approximate surface area is 154 Å². The summed E-state index contributed by atoms with van der Waals surface area (Å²) in [7, 11) is 0. The third kappa shape index (κ3) is 3.38. The lowest BCUT2D eigenvalue weighted by atomic mass is 9.85. The number of fused-ring (bicyclic) bond motifs is 1. The maximum Gasteiger partial charge on any atom is 0.326 e. The van der Waals surface area contributed by atoms with Gasteiger partial charge in [-0.3, -0.25) is 19.3 Å². The van der Waals surface area contributed by atoms with Crippen molar-refractivity contribution < 1.29 is 23.5 Å². The molecule has 0 radical (unpaired) electrons. The van der Waals surface area contributed by atoms with Gasteiger partial charge in [-0.05, 0) is 25.0 Å². The third-order valence-electron chi connectivity index (χ3n) is 4.73. The summed E-state index contributed by atoms with van der Waals surface area (Å²) < 4.78 is 10.5. The van der Waals surface area contributed by atoms with Crippen LogP contribution >= 0.6 is 0 Å². The first kappa shape index (κ1) is 17.1. The fourth-order valence-corrected chi connectivity index (χ4v) is 3.35. The summed E-state index contributed by atoms with van der Waals surface area (Å²) in [6.45, 7) is -0.617. The van der Waals surface area contributed by atoms with Crippen LogP contribution in [0.3, 0.4) is 0 Å². The van der Waals surface area contributed by atoms with Crippen LogP contribution in [0.4, 0.5) is 0 Å². The Kier molecular flexibility index (Phi) is 4.53. The lowest BCUT2D eigenvalue weighted by Gasteiger charge is -2.14. The van der Waals surface area contributed by atoms with Crippen LogP contribution in [0.1, 0.15) is 18.7 Å². The van der Waals surface area contributed by atoms with Crippen LogP contribution in [0.15, 0.2) is 46.9 Å². The molecular weight excluding hydrogens is 350 g/mol. The number of rotatable bonds is 5. The van der Waals surface area contributed by atoms with Crippen LogP contribution in [0, 0.1) is 11.8 Å². The zero-order valence-corrected chi connectivity index (χ0v) is 14.4. The van der Waals surface area contributed by atoms with Gasteiger partial charge < -0.3 is 9.15 Å². The highest BCUT2D eigenvalue weighted by molar-refractivity contribution is 6.07. The normalized spacial score (nSPS) is 21.4. The number of amides is 2. The largest absolute Gasteiger partial charge is 0.454 e. The van der Waals surface area contributed by atoms with E-state index in [2.05, 4.69) is 10.2 Å². The fourth-order valence-electron chi connectivity index (χ4n) is 3.35. The fraction of sp³-hybridized carbons (Fsp3) is 0.316. The number of likely N-dealkylation sites (tertiary alicyclic amines) is 1. The van der Waals surface area contributed by atoms with E-state index in [9.17, 15) is 14.4 Å². The molecule has 0 N–H and O–H groups in total. The molecule has 1 aliphatic carbocycles. The minimum atomic E-state index is -0.692. The van der Waals surface area contributed by atoms with Gasteiger partial charge in [0.05, 0.1) is 11.8 Å². The molecule has 1 saturated heterocycles. The summed E-state index contributed by atoms with van der Waals surface area (Å²) in [5, 5.41) is 7.74. The highest BCUT2D eigenvalue weighted by Gasteiger charge is 2.47. The van der Waals surface area contributed by atoms with Gasteiger partial charge in [0.2, 0.25) is 17.7 Å². The average Bonchev–Trinajstić information content (AvgIpc) is 3.27. The Bertz CT molecular complexity index is 879. The van der Waals surface area contributed by atoms with E-state index in [0.717, 1.165) is 10.5 Å². The highest BCUT2D eigenvalue weighted by atomic mass is 16.5. The summed E-state index contributed by atoms with van der Waals surface area (Å²) in [6.07, 6.45) is 4.86. The molecule has 0 bridgehead atoms. The van der Waals surface area contributed by atoms with Crippen LogP contribution in [0.2, 0.25) is 0 Å². The molecule has 1 aromatic carbocycles. The molecule has 0 spiro atoms. The molecular formula is C19H17N3O5. The first-order valence-corrected chi connectivity index (χ1v) is 8.67. The van der Waals surface area contributed by atoms with Gasteiger partial charge >= 0.3 is 5.97 Å². The number of nitrogens with zero attached hydrogens (tertiary/aromatic N) is 3. The Balaban J connectivity index is 1.33. The van der Waals surface area contributed by atoms with Crippen LogP contribution in [-0.4, -0.2) is 39.4 Å². The molecule has 27 heavy (non-hydrogen) atoms. The summed E-state index contributed by atoms with van der Waals surface area (Å²) in [5.41, 5.74) is 0.757. The molecule has 2 aliphatic rings. The van der Waals surface area contributed by atoms with Crippen LogP contribution < -0.4 is 0 Å². The summed E-state index contributed by atoms with van der Waals surface area (Å²) in [5.74, 6) is -1.57. The molecule has 2 atom stereocenters. The van der Waals surface area contributed by atoms with Gasteiger partial charge in [0, 0.05) is 5.56 Å².